The van der Waals surface area contributed by atoms with Gasteiger partial charge in [0.1, 0.15) is 24.8 Å². The van der Waals surface area contributed by atoms with Crippen molar-refractivity contribution in [2.45, 2.75) is 5.92 Å². The van der Waals surface area contributed by atoms with Crippen LogP contribution < -0.4 is 26.7 Å². The fraction of sp³-hybridized carbons (Fsp3) is 0.286. The number of nitrogens with two attached hydrogens (primary N) is 3. The highest BCUT2D eigenvalue weighted by Crippen LogP contribution is 2.38. The number of aromatic nitrogens is 2. The van der Waals surface area contributed by atoms with Gasteiger partial charge in [-0.05, 0) is 17.7 Å². The molecule has 3 rings (SSSR count). The number of nitrogens with zero attached hydrogens (tertiary/aromatic N) is 3. The Bertz CT molecular complexity index is 774. The molecule has 1 aliphatic heterocycles. The van der Waals surface area contributed by atoms with Crippen LogP contribution >= 0.6 is 0 Å². The van der Waals surface area contributed by atoms with Gasteiger partial charge >= 0.3 is 0 Å². The predicted octanol–water partition coefficient (Wildman–Crippen LogP) is 0.403. The van der Waals surface area contributed by atoms with E-state index in [1.165, 1.54) is 0 Å². The molecule has 2 heterocycles. The highest BCUT2D eigenvalue weighted by atomic mass is 16.6. The van der Waals surface area contributed by atoms with E-state index < -0.39 is 17.4 Å². The normalized spacial score (nSPS) is 14.2. The van der Waals surface area contributed by atoms with E-state index >= 15 is 0 Å². The Morgan fingerprint density at radius 3 is 2.38 bits per heavy atom. The number of rotatable bonds is 4. The van der Waals surface area contributed by atoms with Gasteiger partial charge in [-0.2, -0.15) is 9.97 Å². The van der Waals surface area contributed by atoms with Crippen molar-refractivity contribution in [3.63, 3.8) is 0 Å². The van der Waals surface area contributed by atoms with E-state index in [1.807, 2.05) is 0 Å². The zero-order valence-corrected chi connectivity index (χ0v) is 12.6. The van der Waals surface area contributed by atoms with Crippen molar-refractivity contribution in [3.05, 3.63) is 39.4 Å². The molecule has 0 bridgehead atoms. The van der Waals surface area contributed by atoms with Gasteiger partial charge in [-0.15, -0.1) is 0 Å². The van der Waals surface area contributed by atoms with Gasteiger partial charge in [0.25, 0.3) is 0 Å². The number of ether oxygens (including phenoxy) is 2. The molecule has 24 heavy (non-hydrogen) atoms. The molecule has 1 aromatic carbocycles. The first-order valence-corrected chi connectivity index (χ1v) is 7.15. The maximum absolute atomic E-state index is 11.1. The lowest BCUT2D eigenvalue weighted by Crippen LogP contribution is -2.20. The van der Waals surface area contributed by atoms with Gasteiger partial charge in [-0.25, -0.2) is 0 Å². The molecule has 0 fully saturated rings. The Balaban J connectivity index is 2.09. The summed E-state index contributed by atoms with van der Waals surface area (Å²) in [6.07, 6.45) is 0. The van der Waals surface area contributed by atoms with Gasteiger partial charge < -0.3 is 26.7 Å². The molecule has 0 saturated carbocycles. The molecule has 1 aliphatic rings. The van der Waals surface area contributed by atoms with Gasteiger partial charge in [-0.1, -0.05) is 6.07 Å². The van der Waals surface area contributed by atoms with E-state index in [2.05, 4.69) is 9.97 Å². The lowest BCUT2D eigenvalue weighted by atomic mass is 9.91. The minimum atomic E-state index is -0.739. The summed E-state index contributed by atoms with van der Waals surface area (Å²) in [6.45, 7) is 0.434. The van der Waals surface area contributed by atoms with Crippen LogP contribution in [0.1, 0.15) is 17.0 Å². The third-order valence-corrected chi connectivity index (χ3v) is 3.67. The highest BCUT2D eigenvalue weighted by Gasteiger charge is 2.28. The summed E-state index contributed by atoms with van der Waals surface area (Å²) in [5.74, 6) is 0.302. The Morgan fingerprint density at radius 2 is 1.75 bits per heavy atom. The first kappa shape index (κ1) is 15.6. The molecule has 2 aromatic rings. The van der Waals surface area contributed by atoms with Crippen LogP contribution in [-0.2, 0) is 0 Å². The average molecular weight is 332 g/mol. The van der Waals surface area contributed by atoms with Gasteiger partial charge in [0.15, 0.2) is 11.5 Å². The van der Waals surface area contributed by atoms with E-state index in [0.29, 0.717) is 30.3 Å². The molecular weight excluding hydrogens is 316 g/mol. The average Bonchev–Trinajstić information content (AvgIpc) is 2.52. The predicted molar refractivity (Wildman–Crippen MR) is 86.4 cm³/mol. The minimum Gasteiger partial charge on any atom is -0.486 e. The van der Waals surface area contributed by atoms with Crippen LogP contribution in [0.15, 0.2) is 18.2 Å². The lowest BCUT2D eigenvalue weighted by molar-refractivity contribution is -0.481. The smallest absolute Gasteiger partial charge is 0.223 e. The maximum Gasteiger partial charge on any atom is 0.223 e. The third kappa shape index (κ3) is 2.93. The molecule has 10 nitrogen and oxygen atoms in total. The van der Waals surface area contributed by atoms with Crippen molar-refractivity contribution in [1.29, 1.82) is 0 Å². The fourth-order valence-corrected chi connectivity index (χ4v) is 2.67. The number of hydrogen-bond donors (Lipinski definition) is 3. The van der Waals surface area contributed by atoms with Gasteiger partial charge in [0, 0.05) is 4.92 Å². The number of fused-ring (bicyclic) bond motifs is 1. The Hall–Kier alpha value is -3.30. The second-order valence-electron chi connectivity index (χ2n) is 5.24. The minimum absolute atomic E-state index is 0.0155. The zero-order valence-electron chi connectivity index (χ0n) is 12.6. The number of nitro groups is 1. The summed E-state index contributed by atoms with van der Waals surface area (Å²) in [5.41, 5.74) is 18.2. The van der Waals surface area contributed by atoms with E-state index in [-0.39, 0.29) is 23.1 Å². The molecule has 10 heteroatoms. The summed E-state index contributed by atoms with van der Waals surface area (Å²) < 4.78 is 11.0. The molecule has 0 saturated heterocycles. The van der Waals surface area contributed by atoms with Crippen molar-refractivity contribution < 1.29 is 14.4 Å². The molecule has 0 aliphatic carbocycles. The lowest BCUT2D eigenvalue weighted by Gasteiger charge is -2.22. The van der Waals surface area contributed by atoms with Crippen molar-refractivity contribution in [3.8, 4) is 11.5 Å². The monoisotopic (exact) mass is 332 g/mol. The van der Waals surface area contributed by atoms with Crippen molar-refractivity contribution in [1.82, 2.24) is 9.97 Å². The van der Waals surface area contributed by atoms with Crippen LogP contribution in [0.5, 0.6) is 11.5 Å². The summed E-state index contributed by atoms with van der Waals surface area (Å²) in [4.78, 5) is 18.4. The number of nitrogen functional groups attached to an aromatic ring is 3. The highest BCUT2D eigenvalue weighted by molar-refractivity contribution is 5.61. The molecular formula is C14H16N6O4. The third-order valence-electron chi connectivity index (χ3n) is 3.67. The van der Waals surface area contributed by atoms with Crippen molar-refractivity contribution in [2.75, 3.05) is 37.0 Å². The van der Waals surface area contributed by atoms with E-state index in [0.717, 1.165) is 0 Å². The number of benzene rings is 1. The molecule has 0 spiro atoms. The van der Waals surface area contributed by atoms with Crippen LogP contribution in [-0.4, -0.2) is 34.6 Å². The first-order valence-electron chi connectivity index (χ1n) is 7.15. The van der Waals surface area contributed by atoms with Gasteiger partial charge in [-0.3, -0.25) is 10.1 Å². The quantitative estimate of drug-likeness (QED) is 0.530. The van der Waals surface area contributed by atoms with Gasteiger partial charge in [0.05, 0.1) is 11.5 Å². The van der Waals surface area contributed by atoms with Crippen LogP contribution in [0.4, 0.5) is 17.6 Å². The van der Waals surface area contributed by atoms with E-state index in [4.69, 9.17) is 26.7 Å². The number of anilines is 3. The van der Waals surface area contributed by atoms with Crippen LogP contribution in [0.3, 0.4) is 0 Å². The molecule has 6 N–H and O–H groups in total. The zero-order chi connectivity index (χ0) is 17.3. The van der Waals surface area contributed by atoms with Crippen molar-refractivity contribution in [2.24, 2.45) is 0 Å². The Kier molecular flexibility index (Phi) is 3.94. The second kappa shape index (κ2) is 6.07. The fourth-order valence-electron chi connectivity index (χ4n) is 2.67. The Morgan fingerprint density at radius 1 is 1.12 bits per heavy atom. The largest absolute Gasteiger partial charge is 0.486 e. The van der Waals surface area contributed by atoms with E-state index in [9.17, 15) is 10.1 Å². The van der Waals surface area contributed by atoms with Crippen LogP contribution in [0.2, 0.25) is 0 Å². The van der Waals surface area contributed by atoms with Crippen molar-refractivity contribution >= 4 is 17.6 Å². The molecule has 0 radical (unpaired) electrons. The molecule has 1 unspecified atom stereocenters. The number of hydrogen-bond acceptors (Lipinski definition) is 9. The summed E-state index contributed by atoms with van der Waals surface area (Å²) >= 11 is 0. The molecule has 0 amide bonds. The second-order valence-corrected chi connectivity index (χ2v) is 5.24. The first-order chi connectivity index (χ1) is 11.5. The maximum atomic E-state index is 11.1. The van der Waals surface area contributed by atoms with Crippen LogP contribution in [0.25, 0.3) is 0 Å². The SMILES string of the molecule is Nc1nc(N)c(C(C[N+](=O)[O-])c2ccc3c(c2)OCCO3)c(N)n1. The molecule has 1 atom stereocenters. The summed E-state index contributed by atoms with van der Waals surface area (Å²) in [6, 6.07) is 5.08. The Labute approximate surface area is 136 Å². The molecule has 126 valence electrons. The summed E-state index contributed by atoms with van der Waals surface area (Å²) in [7, 11) is 0. The summed E-state index contributed by atoms with van der Waals surface area (Å²) in [5, 5.41) is 11.1. The standard InChI is InChI=1S/C14H16N6O4/c15-12-11(13(16)19-14(17)18-12)8(6-20(21)22)7-1-2-9-10(5-7)24-4-3-23-9/h1-2,5,8H,3-4,6H2,(H6,15,16,17,18,19). The molecule has 1 aromatic heterocycles. The topological polar surface area (TPSA) is 165 Å². The van der Waals surface area contributed by atoms with Gasteiger partial charge in [0.2, 0.25) is 12.5 Å². The van der Waals surface area contributed by atoms with Crippen LogP contribution in [0, 0.1) is 10.1 Å². The van der Waals surface area contributed by atoms with E-state index in [1.54, 1.807) is 18.2 Å².